The van der Waals surface area contributed by atoms with E-state index in [1.807, 2.05) is 25.1 Å². The van der Waals surface area contributed by atoms with Gasteiger partial charge in [0.1, 0.15) is 5.51 Å². The van der Waals surface area contributed by atoms with Crippen LogP contribution in [0.25, 0.3) is 0 Å². The Morgan fingerprint density at radius 2 is 2.35 bits per heavy atom. The van der Waals surface area contributed by atoms with Gasteiger partial charge in [0.25, 0.3) is 0 Å². The van der Waals surface area contributed by atoms with Crippen molar-refractivity contribution < 1.29 is 4.79 Å². The first-order valence-electron chi connectivity index (χ1n) is 5.35. The summed E-state index contributed by atoms with van der Waals surface area (Å²) in [5, 5.41) is 10.7. The number of aryl methyl sites for hydroxylation is 2. The number of hydrogen-bond donors (Lipinski definition) is 1. The summed E-state index contributed by atoms with van der Waals surface area (Å²) in [5.41, 5.74) is 3.99. The molecule has 17 heavy (non-hydrogen) atoms. The van der Waals surface area contributed by atoms with Gasteiger partial charge in [-0.1, -0.05) is 41.2 Å². The third kappa shape index (κ3) is 3.64. The quantitative estimate of drug-likeness (QED) is 0.902. The molecule has 1 N–H and O–H groups in total. The molecule has 0 aliphatic heterocycles. The van der Waals surface area contributed by atoms with Crippen LogP contribution in [0.3, 0.4) is 0 Å². The van der Waals surface area contributed by atoms with Crippen molar-refractivity contribution in [1.29, 1.82) is 0 Å². The van der Waals surface area contributed by atoms with Crippen LogP contribution >= 0.6 is 11.3 Å². The predicted molar refractivity (Wildman–Crippen MR) is 68.0 cm³/mol. The summed E-state index contributed by atoms with van der Waals surface area (Å²) in [5.74, 6) is -0.0248. The summed E-state index contributed by atoms with van der Waals surface area (Å²) < 4.78 is 0. The molecule has 0 saturated carbocycles. The van der Waals surface area contributed by atoms with Gasteiger partial charge in [-0.05, 0) is 18.9 Å². The summed E-state index contributed by atoms with van der Waals surface area (Å²) in [4.78, 5) is 11.6. The number of hydrogen-bond acceptors (Lipinski definition) is 4. The molecule has 2 aromatic rings. The molecule has 0 radical (unpaired) electrons. The van der Waals surface area contributed by atoms with Crippen molar-refractivity contribution in [2.75, 3.05) is 5.32 Å². The molecule has 0 aliphatic rings. The zero-order valence-corrected chi connectivity index (χ0v) is 10.3. The molecule has 0 atom stereocenters. The first-order chi connectivity index (χ1) is 8.24. The van der Waals surface area contributed by atoms with E-state index in [2.05, 4.69) is 21.6 Å². The molecule has 1 aromatic carbocycles. The molecule has 88 valence electrons. The Morgan fingerprint density at radius 1 is 1.47 bits per heavy atom. The molecular formula is C12H13N3OS. The van der Waals surface area contributed by atoms with E-state index in [1.165, 1.54) is 22.5 Å². The minimum absolute atomic E-state index is 0.0248. The first-order valence-corrected chi connectivity index (χ1v) is 6.23. The SMILES string of the molecule is Cc1cccc(CCC(=O)Nc2nncs2)c1. The summed E-state index contributed by atoms with van der Waals surface area (Å²) in [6.45, 7) is 2.05. The number of carbonyl (C=O) groups is 1. The zero-order chi connectivity index (χ0) is 12.1. The monoisotopic (exact) mass is 247 g/mol. The van der Waals surface area contributed by atoms with Crippen LogP contribution < -0.4 is 5.32 Å². The normalized spacial score (nSPS) is 10.2. The highest BCUT2D eigenvalue weighted by atomic mass is 32.1. The van der Waals surface area contributed by atoms with Gasteiger partial charge in [-0.2, -0.15) is 0 Å². The van der Waals surface area contributed by atoms with E-state index < -0.39 is 0 Å². The number of anilines is 1. The fraction of sp³-hybridized carbons (Fsp3) is 0.250. The largest absolute Gasteiger partial charge is 0.301 e. The molecule has 1 amide bonds. The number of nitrogens with one attached hydrogen (secondary N) is 1. The van der Waals surface area contributed by atoms with Crippen LogP contribution in [0.4, 0.5) is 5.13 Å². The molecule has 0 spiro atoms. The van der Waals surface area contributed by atoms with E-state index in [9.17, 15) is 4.79 Å². The van der Waals surface area contributed by atoms with Gasteiger partial charge in [-0.25, -0.2) is 0 Å². The molecule has 4 nitrogen and oxygen atoms in total. The van der Waals surface area contributed by atoms with E-state index in [1.54, 1.807) is 5.51 Å². The second kappa shape index (κ2) is 5.54. The van der Waals surface area contributed by atoms with Gasteiger partial charge < -0.3 is 5.32 Å². The fourth-order valence-corrected chi connectivity index (χ4v) is 2.00. The zero-order valence-electron chi connectivity index (χ0n) is 9.51. The van der Waals surface area contributed by atoms with E-state index >= 15 is 0 Å². The number of nitrogens with zero attached hydrogens (tertiary/aromatic N) is 2. The van der Waals surface area contributed by atoms with Crippen molar-refractivity contribution in [2.24, 2.45) is 0 Å². The molecule has 0 unspecified atom stereocenters. The highest BCUT2D eigenvalue weighted by molar-refractivity contribution is 7.13. The second-order valence-electron chi connectivity index (χ2n) is 3.78. The van der Waals surface area contributed by atoms with Crippen molar-refractivity contribution in [3.8, 4) is 0 Å². The van der Waals surface area contributed by atoms with E-state index in [4.69, 9.17) is 0 Å². The Balaban J connectivity index is 1.84. The van der Waals surface area contributed by atoms with Crippen molar-refractivity contribution in [3.63, 3.8) is 0 Å². The van der Waals surface area contributed by atoms with Crippen LogP contribution in [0.5, 0.6) is 0 Å². The van der Waals surface area contributed by atoms with Crippen molar-refractivity contribution in [2.45, 2.75) is 19.8 Å². The topological polar surface area (TPSA) is 54.9 Å². The second-order valence-corrected chi connectivity index (χ2v) is 4.61. The minimum atomic E-state index is -0.0248. The maximum absolute atomic E-state index is 11.6. The number of benzene rings is 1. The molecule has 1 aromatic heterocycles. The molecule has 0 aliphatic carbocycles. The minimum Gasteiger partial charge on any atom is -0.301 e. The molecule has 1 heterocycles. The van der Waals surface area contributed by atoms with Crippen LogP contribution in [-0.2, 0) is 11.2 Å². The highest BCUT2D eigenvalue weighted by Gasteiger charge is 2.05. The lowest BCUT2D eigenvalue weighted by Crippen LogP contribution is -2.12. The lowest BCUT2D eigenvalue weighted by atomic mass is 10.1. The van der Waals surface area contributed by atoms with Crippen molar-refractivity contribution in [1.82, 2.24) is 10.2 Å². The van der Waals surface area contributed by atoms with Crippen molar-refractivity contribution in [3.05, 3.63) is 40.9 Å². The molecule has 0 saturated heterocycles. The maximum atomic E-state index is 11.6. The summed E-state index contributed by atoms with van der Waals surface area (Å²) in [7, 11) is 0. The van der Waals surface area contributed by atoms with Gasteiger partial charge in [0.2, 0.25) is 11.0 Å². The lowest BCUT2D eigenvalue weighted by Gasteiger charge is -2.02. The third-order valence-corrected chi connectivity index (χ3v) is 2.94. The molecular weight excluding hydrogens is 234 g/mol. The Labute approximate surface area is 104 Å². The van der Waals surface area contributed by atoms with Crippen LogP contribution in [0.2, 0.25) is 0 Å². The van der Waals surface area contributed by atoms with Crippen LogP contribution in [0.1, 0.15) is 17.5 Å². The Morgan fingerprint density at radius 3 is 3.06 bits per heavy atom. The van der Waals surface area contributed by atoms with Crippen LogP contribution in [0, 0.1) is 6.92 Å². The van der Waals surface area contributed by atoms with Gasteiger partial charge in [0, 0.05) is 6.42 Å². The molecule has 5 heteroatoms. The third-order valence-electron chi connectivity index (χ3n) is 2.33. The van der Waals surface area contributed by atoms with E-state index in [0.717, 1.165) is 6.42 Å². The molecule has 2 rings (SSSR count). The van der Waals surface area contributed by atoms with E-state index in [-0.39, 0.29) is 5.91 Å². The Kier molecular flexibility index (Phi) is 3.82. The van der Waals surface area contributed by atoms with Gasteiger partial charge in [-0.15, -0.1) is 10.2 Å². The van der Waals surface area contributed by atoms with E-state index in [0.29, 0.717) is 11.6 Å². The summed E-state index contributed by atoms with van der Waals surface area (Å²) in [6, 6.07) is 8.18. The fourth-order valence-electron chi connectivity index (χ4n) is 1.53. The average Bonchev–Trinajstić information content (AvgIpc) is 2.79. The highest BCUT2D eigenvalue weighted by Crippen LogP contribution is 2.10. The van der Waals surface area contributed by atoms with Gasteiger partial charge in [0.15, 0.2) is 0 Å². The lowest BCUT2D eigenvalue weighted by molar-refractivity contribution is -0.116. The average molecular weight is 247 g/mol. The molecule has 0 bridgehead atoms. The van der Waals surface area contributed by atoms with Gasteiger partial charge >= 0.3 is 0 Å². The maximum Gasteiger partial charge on any atom is 0.226 e. The van der Waals surface area contributed by atoms with Gasteiger partial charge in [-0.3, -0.25) is 4.79 Å². The predicted octanol–water partition coefficient (Wildman–Crippen LogP) is 2.42. The summed E-state index contributed by atoms with van der Waals surface area (Å²) >= 11 is 1.32. The van der Waals surface area contributed by atoms with Crippen LogP contribution in [-0.4, -0.2) is 16.1 Å². The number of rotatable bonds is 4. The first kappa shape index (κ1) is 11.7. The number of carbonyl (C=O) groups excluding carboxylic acids is 1. The standard InChI is InChI=1S/C12H13N3OS/c1-9-3-2-4-10(7-9)5-6-11(16)14-12-15-13-8-17-12/h2-4,7-8H,5-6H2,1H3,(H,14,15,16). The van der Waals surface area contributed by atoms with Gasteiger partial charge in [0.05, 0.1) is 0 Å². The number of aromatic nitrogens is 2. The van der Waals surface area contributed by atoms with Crippen molar-refractivity contribution >= 4 is 22.4 Å². The Hall–Kier alpha value is -1.75. The smallest absolute Gasteiger partial charge is 0.226 e. The van der Waals surface area contributed by atoms with Crippen LogP contribution in [0.15, 0.2) is 29.8 Å². The molecule has 0 fully saturated rings. The summed E-state index contributed by atoms with van der Waals surface area (Å²) in [6.07, 6.45) is 1.20. The number of amides is 1. The Bertz CT molecular complexity index is 496.